The van der Waals surface area contributed by atoms with Crippen LogP contribution in [0, 0.1) is 0 Å². The van der Waals surface area contributed by atoms with Gasteiger partial charge in [-0.15, -0.1) is 0 Å². The normalized spacial score (nSPS) is 22.6. The standard InChI is InChI=1S/C11H19N3O3/c1-8(15-2)3-4-10-13-11(14-17-10)9-7-16-6-5-12-9/h8-9,12H,3-7H2,1-2H3. The third-order valence-corrected chi connectivity index (χ3v) is 2.88. The number of morpholine rings is 1. The number of aromatic nitrogens is 2. The molecule has 2 rings (SSSR count). The first kappa shape index (κ1) is 12.5. The molecule has 6 nitrogen and oxygen atoms in total. The van der Waals surface area contributed by atoms with Gasteiger partial charge in [-0.3, -0.25) is 0 Å². The molecule has 1 saturated heterocycles. The van der Waals surface area contributed by atoms with Crippen LogP contribution in [0.15, 0.2) is 4.52 Å². The lowest BCUT2D eigenvalue weighted by atomic mass is 10.2. The summed E-state index contributed by atoms with van der Waals surface area (Å²) in [4.78, 5) is 4.36. The summed E-state index contributed by atoms with van der Waals surface area (Å²) in [7, 11) is 1.70. The van der Waals surface area contributed by atoms with E-state index in [0.29, 0.717) is 18.3 Å². The van der Waals surface area contributed by atoms with E-state index in [1.165, 1.54) is 0 Å². The molecular formula is C11H19N3O3. The number of rotatable bonds is 5. The molecule has 0 bridgehead atoms. The second-order valence-corrected chi connectivity index (χ2v) is 4.21. The molecule has 1 aromatic heterocycles. The molecule has 2 unspecified atom stereocenters. The van der Waals surface area contributed by atoms with Crippen molar-refractivity contribution in [2.24, 2.45) is 0 Å². The molecule has 1 fully saturated rings. The van der Waals surface area contributed by atoms with Gasteiger partial charge in [-0.25, -0.2) is 0 Å². The fourth-order valence-corrected chi connectivity index (χ4v) is 1.69. The van der Waals surface area contributed by atoms with Crippen LogP contribution in [0.1, 0.15) is 31.1 Å². The summed E-state index contributed by atoms with van der Waals surface area (Å²) in [5.74, 6) is 1.35. The van der Waals surface area contributed by atoms with E-state index in [9.17, 15) is 0 Å². The van der Waals surface area contributed by atoms with Gasteiger partial charge in [0.1, 0.15) is 0 Å². The van der Waals surface area contributed by atoms with E-state index >= 15 is 0 Å². The van der Waals surface area contributed by atoms with Gasteiger partial charge in [-0.1, -0.05) is 5.16 Å². The molecular weight excluding hydrogens is 222 g/mol. The van der Waals surface area contributed by atoms with Crippen molar-refractivity contribution in [2.75, 3.05) is 26.9 Å². The van der Waals surface area contributed by atoms with Gasteiger partial charge in [0.05, 0.1) is 25.4 Å². The van der Waals surface area contributed by atoms with Crippen LogP contribution in [-0.4, -0.2) is 43.1 Å². The minimum Gasteiger partial charge on any atom is -0.382 e. The molecule has 0 amide bonds. The third kappa shape index (κ3) is 3.49. The molecule has 0 radical (unpaired) electrons. The minimum absolute atomic E-state index is 0.0566. The number of aryl methyl sites for hydroxylation is 1. The minimum atomic E-state index is 0.0566. The molecule has 0 spiro atoms. The number of ether oxygens (including phenoxy) is 2. The van der Waals surface area contributed by atoms with Crippen LogP contribution in [-0.2, 0) is 15.9 Å². The Morgan fingerprint density at radius 2 is 2.47 bits per heavy atom. The molecule has 6 heteroatoms. The van der Waals surface area contributed by atoms with Crippen LogP contribution in [0.4, 0.5) is 0 Å². The lowest BCUT2D eigenvalue weighted by Gasteiger charge is -2.20. The molecule has 2 heterocycles. The summed E-state index contributed by atoms with van der Waals surface area (Å²) in [5, 5.41) is 7.26. The average Bonchev–Trinajstić information content (AvgIpc) is 2.86. The molecule has 1 N–H and O–H groups in total. The van der Waals surface area contributed by atoms with Crippen molar-refractivity contribution in [2.45, 2.75) is 31.9 Å². The predicted molar refractivity (Wildman–Crippen MR) is 60.7 cm³/mol. The summed E-state index contributed by atoms with van der Waals surface area (Å²) >= 11 is 0. The maximum absolute atomic E-state index is 5.36. The molecule has 96 valence electrons. The van der Waals surface area contributed by atoms with Gasteiger partial charge < -0.3 is 19.3 Å². The molecule has 0 saturated carbocycles. The highest BCUT2D eigenvalue weighted by Gasteiger charge is 2.20. The van der Waals surface area contributed by atoms with Gasteiger partial charge in [0, 0.05) is 20.1 Å². The molecule has 0 aromatic carbocycles. The lowest BCUT2D eigenvalue weighted by molar-refractivity contribution is 0.0734. The highest BCUT2D eigenvalue weighted by Crippen LogP contribution is 2.13. The van der Waals surface area contributed by atoms with Crippen LogP contribution in [0.3, 0.4) is 0 Å². The van der Waals surface area contributed by atoms with Gasteiger partial charge >= 0.3 is 0 Å². The van der Waals surface area contributed by atoms with E-state index in [4.69, 9.17) is 14.0 Å². The Balaban J connectivity index is 1.86. The van der Waals surface area contributed by atoms with E-state index in [1.54, 1.807) is 7.11 Å². The first-order valence-corrected chi connectivity index (χ1v) is 5.96. The fraction of sp³-hybridized carbons (Fsp3) is 0.818. The van der Waals surface area contributed by atoms with E-state index in [1.807, 2.05) is 6.92 Å². The van der Waals surface area contributed by atoms with Crippen molar-refractivity contribution in [1.29, 1.82) is 0 Å². The number of nitrogens with zero attached hydrogens (tertiary/aromatic N) is 2. The first-order valence-electron chi connectivity index (χ1n) is 5.96. The van der Waals surface area contributed by atoms with Crippen molar-refractivity contribution in [3.63, 3.8) is 0 Å². The molecule has 2 atom stereocenters. The highest BCUT2D eigenvalue weighted by atomic mass is 16.5. The zero-order chi connectivity index (χ0) is 12.1. The zero-order valence-electron chi connectivity index (χ0n) is 10.3. The summed E-state index contributed by atoms with van der Waals surface area (Å²) in [5.41, 5.74) is 0. The summed E-state index contributed by atoms with van der Waals surface area (Å²) in [6, 6.07) is 0.0566. The van der Waals surface area contributed by atoms with Gasteiger partial charge in [0.25, 0.3) is 0 Å². The molecule has 1 aromatic rings. The lowest BCUT2D eigenvalue weighted by Crippen LogP contribution is -2.35. The van der Waals surface area contributed by atoms with Crippen molar-refractivity contribution in [1.82, 2.24) is 15.5 Å². The van der Waals surface area contributed by atoms with Gasteiger partial charge in [0.2, 0.25) is 5.89 Å². The topological polar surface area (TPSA) is 69.4 Å². The van der Waals surface area contributed by atoms with Gasteiger partial charge in [-0.2, -0.15) is 4.98 Å². The van der Waals surface area contributed by atoms with Gasteiger partial charge in [-0.05, 0) is 13.3 Å². The summed E-state index contributed by atoms with van der Waals surface area (Å²) < 4.78 is 15.7. The first-order chi connectivity index (χ1) is 8.29. The second-order valence-electron chi connectivity index (χ2n) is 4.21. The second kappa shape index (κ2) is 6.09. The maximum Gasteiger partial charge on any atom is 0.226 e. The highest BCUT2D eigenvalue weighted by molar-refractivity contribution is 4.95. The molecule has 17 heavy (non-hydrogen) atoms. The Labute approximate surface area is 101 Å². The van der Waals surface area contributed by atoms with Crippen molar-refractivity contribution < 1.29 is 14.0 Å². The Bertz CT molecular complexity index is 336. The largest absolute Gasteiger partial charge is 0.382 e. The maximum atomic E-state index is 5.36. The fourth-order valence-electron chi connectivity index (χ4n) is 1.69. The monoisotopic (exact) mass is 241 g/mol. The molecule has 0 aliphatic carbocycles. The van der Waals surface area contributed by atoms with Crippen molar-refractivity contribution in [3.8, 4) is 0 Å². The van der Waals surface area contributed by atoms with E-state index in [0.717, 1.165) is 26.0 Å². The Morgan fingerprint density at radius 1 is 1.59 bits per heavy atom. The summed E-state index contributed by atoms with van der Waals surface area (Å²) in [6.45, 7) is 4.20. The summed E-state index contributed by atoms with van der Waals surface area (Å²) in [6.07, 6.45) is 1.84. The van der Waals surface area contributed by atoms with Gasteiger partial charge in [0.15, 0.2) is 5.82 Å². The molecule has 1 aliphatic rings. The smallest absolute Gasteiger partial charge is 0.226 e. The number of nitrogens with one attached hydrogen (secondary N) is 1. The van der Waals surface area contributed by atoms with Crippen LogP contribution >= 0.6 is 0 Å². The van der Waals surface area contributed by atoms with Crippen LogP contribution in [0.5, 0.6) is 0 Å². The number of hydrogen-bond donors (Lipinski definition) is 1. The SMILES string of the molecule is COC(C)CCc1nc(C2COCCN2)no1. The quantitative estimate of drug-likeness (QED) is 0.818. The van der Waals surface area contributed by atoms with E-state index in [-0.39, 0.29) is 12.1 Å². The van der Waals surface area contributed by atoms with E-state index in [2.05, 4.69) is 15.5 Å². The predicted octanol–water partition coefficient (Wildman–Crippen LogP) is 0.698. The zero-order valence-corrected chi connectivity index (χ0v) is 10.3. The van der Waals surface area contributed by atoms with Crippen molar-refractivity contribution in [3.05, 3.63) is 11.7 Å². The molecule has 1 aliphatic heterocycles. The van der Waals surface area contributed by atoms with E-state index < -0.39 is 0 Å². The van der Waals surface area contributed by atoms with Crippen LogP contribution < -0.4 is 5.32 Å². The third-order valence-electron chi connectivity index (χ3n) is 2.88. The Kier molecular flexibility index (Phi) is 4.47. The Hall–Kier alpha value is -0.980. The average molecular weight is 241 g/mol. The van der Waals surface area contributed by atoms with Crippen molar-refractivity contribution >= 4 is 0 Å². The number of methoxy groups -OCH3 is 1. The van der Waals surface area contributed by atoms with Crippen LogP contribution in [0.2, 0.25) is 0 Å². The number of hydrogen-bond acceptors (Lipinski definition) is 6. The Morgan fingerprint density at radius 3 is 3.18 bits per heavy atom. The van der Waals surface area contributed by atoms with Crippen LogP contribution in [0.25, 0.3) is 0 Å².